The van der Waals surface area contributed by atoms with Crippen molar-refractivity contribution in [3.63, 3.8) is 0 Å². The van der Waals surface area contributed by atoms with E-state index in [1.165, 1.54) is 23.4 Å². The number of benzene rings is 1. The molecule has 1 rings (SSSR count). The molecule has 1 atom stereocenters. The van der Waals surface area contributed by atoms with Gasteiger partial charge in [-0.25, -0.2) is 8.42 Å². The fourth-order valence-corrected chi connectivity index (χ4v) is 4.68. The van der Waals surface area contributed by atoms with Crippen molar-refractivity contribution < 1.29 is 13.2 Å². The number of rotatable bonds is 14. The molecule has 29 heavy (non-hydrogen) atoms. The fraction of sp³-hybridized carbons (Fsp3) is 0.696. The molecule has 0 aromatic heterocycles. The van der Waals surface area contributed by atoms with Crippen LogP contribution in [-0.4, -0.2) is 33.7 Å². The van der Waals surface area contributed by atoms with Gasteiger partial charge in [-0.1, -0.05) is 65.2 Å². The Kier molecular flexibility index (Phi) is 11.3. The third-order valence-electron chi connectivity index (χ3n) is 5.51. The van der Waals surface area contributed by atoms with Crippen LogP contribution in [0.3, 0.4) is 0 Å². The predicted molar refractivity (Wildman–Crippen MR) is 123 cm³/mol. The molecule has 0 spiro atoms. The quantitative estimate of drug-likeness (QED) is 0.471. The molecule has 0 bridgehead atoms. The van der Waals surface area contributed by atoms with Crippen LogP contribution in [0.2, 0.25) is 0 Å². The Morgan fingerprint density at radius 2 is 1.69 bits per heavy atom. The molecular weight excluding hydrogens is 384 g/mol. The molecule has 0 fully saturated rings. The lowest BCUT2D eigenvalue weighted by Gasteiger charge is -2.27. The summed E-state index contributed by atoms with van der Waals surface area (Å²) in [6, 6.07) is 5.96. The average Bonchev–Trinajstić information content (AvgIpc) is 2.70. The zero-order valence-electron chi connectivity index (χ0n) is 19.0. The molecule has 166 valence electrons. The second-order valence-electron chi connectivity index (χ2n) is 7.79. The van der Waals surface area contributed by atoms with Gasteiger partial charge in [0.2, 0.25) is 15.9 Å². The van der Waals surface area contributed by atoms with Crippen molar-refractivity contribution in [1.82, 2.24) is 5.32 Å². The van der Waals surface area contributed by atoms with E-state index >= 15 is 0 Å². The van der Waals surface area contributed by atoms with Crippen LogP contribution in [0.15, 0.2) is 18.2 Å². The Hall–Kier alpha value is -1.56. The molecule has 1 aromatic rings. The van der Waals surface area contributed by atoms with Gasteiger partial charge in [0.15, 0.2) is 0 Å². The van der Waals surface area contributed by atoms with Gasteiger partial charge in [0.05, 0.1) is 11.9 Å². The van der Waals surface area contributed by atoms with Crippen LogP contribution in [0.25, 0.3) is 0 Å². The number of carbonyl (C=O) groups is 1. The molecule has 1 aromatic carbocycles. The summed E-state index contributed by atoms with van der Waals surface area (Å²) in [5, 5.41) is 3.03. The van der Waals surface area contributed by atoms with E-state index in [1.54, 1.807) is 0 Å². The van der Waals surface area contributed by atoms with Crippen molar-refractivity contribution >= 4 is 21.6 Å². The molecule has 0 saturated heterocycles. The highest BCUT2D eigenvalue weighted by atomic mass is 32.2. The Labute approximate surface area is 178 Å². The van der Waals surface area contributed by atoms with Crippen LogP contribution in [-0.2, 0) is 27.7 Å². The number of anilines is 1. The normalized spacial score (nSPS) is 12.6. The minimum atomic E-state index is -3.42. The number of sulfonamides is 1. The highest BCUT2D eigenvalue weighted by Crippen LogP contribution is 2.29. The van der Waals surface area contributed by atoms with Gasteiger partial charge in [0, 0.05) is 19.5 Å². The van der Waals surface area contributed by atoms with Crippen molar-refractivity contribution in [2.75, 3.05) is 23.7 Å². The monoisotopic (exact) mass is 424 g/mol. The topological polar surface area (TPSA) is 66.5 Å². The first-order valence-corrected chi connectivity index (χ1v) is 13.0. The number of hydrogen-bond donors (Lipinski definition) is 1. The zero-order valence-corrected chi connectivity index (χ0v) is 19.8. The molecule has 1 amide bonds. The molecule has 0 heterocycles. The lowest BCUT2D eigenvalue weighted by molar-refractivity contribution is -0.121. The van der Waals surface area contributed by atoms with Crippen LogP contribution in [0.4, 0.5) is 5.69 Å². The highest BCUT2D eigenvalue weighted by Gasteiger charge is 2.22. The summed E-state index contributed by atoms with van der Waals surface area (Å²) < 4.78 is 26.5. The maximum atomic E-state index is 12.5. The van der Waals surface area contributed by atoms with Gasteiger partial charge < -0.3 is 5.32 Å². The molecule has 1 N–H and O–H groups in total. The minimum Gasteiger partial charge on any atom is -0.356 e. The van der Waals surface area contributed by atoms with Crippen molar-refractivity contribution in [1.29, 1.82) is 0 Å². The van der Waals surface area contributed by atoms with E-state index in [0.717, 1.165) is 42.5 Å². The number of nitrogens with zero attached hydrogens (tertiary/aromatic N) is 1. The number of para-hydroxylation sites is 1. The highest BCUT2D eigenvalue weighted by molar-refractivity contribution is 7.92. The number of aryl methyl sites for hydroxylation is 2. The third-order valence-corrected chi connectivity index (χ3v) is 6.68. The molecule has 0 aliphatic heterocycles. The Balaban J connectivity index is 2.75. The average molecular weight is 425 g/mol. The number of unbranched alkanes of at least 4 members (excludes halogenated alkanes) is 1. The van der Waals surface area contributed by atoms with Gasteiger partial charge in [0.1, 0.15) is 0 Å². The second-order valence-corrected chi connectivity index (χ2v) is 9.70. The smallest absolute Gasteiger partial charge is 0.232 e. The van der Waals surface area contributed by atoms with Crippen molar-refractivity contribution in [2.24, 2.45) is 5.92 Å². The van der Waals surface area contributed by atoms with Crippen LogP contribution in [0, 0.1) is 5.92 Å². The number of hydrogen-bond acceptors (Lipinski definition) is 3. The van der Waals surface area contributed by atoms with Crippen LogP contribution >= 0.6 is 0 Å². The lowest BCUT2D eigenvalue weighted by Crippen LogP contribution is -2.34. The molecule has 0 saturated carbocycles. The number of carbonyl (C=O) groups excluding carboxylic acids is 1. The van der Waals surface area contributed by atoms with E-state index in [1.807, 2.05) is 32.0 Å². The maximum Gasteiger partial charge on any atom is 0.232 e. The van der Waals surface area contributed by atoms with E-state index in [-0.39, 0.29) is 5.91 Å². The Bertz CT molecular complexity index is 709. The largest absolute Gasteiger partial charge is 0.356 e. The number of nitrogens with one attached hydrogen (secondary N) is 1. The van der Waals surface area contributed by atoms with Gasteiger partial charge >= 0.3 is 0 Å². The fourth-order valence-electron chi connectivity index (χ4n) is 3.65. The standard InChI is InChI=1S/C23H40N2O3S/c1-6-10-13-19(7-2)18-24-22(26)16-12-17-25(29(5,27)28)23-20(8-3)14-11-15-21(23)9-4/h11,14-15,19H,6-10,12-13,16-18H2,1-5H3,(H,24,26)/t19-/m1/s1. The summed E-state index contributed by atoms with van der Waals surface area (Å²) in [6.07, 6.45) is 8.20. The Morgan fingerprint density at radius 3 is 2.17 bits per heavy atom. The first-order valence-electron chi connectivity index (χ1n) is 11.1. The van der Waals surface area contributed by atoms with Gasteiger partial charge in [0.25, 0.3) is 0 Å². The van der Waals surface area contributed by atoms with Crippen molar-refractivity contribution in [3.8, 4) is 0 Å². The van der Waals surface area contributed by atoms with Crippen LogP contribution < -0.4 is 9.62 Å². The summed E-state index contributed by atoms with van der Waals surface area (Å²) in [6.45, 7) is 9.45. The van der Waals surface area contributed by atoms with E-state index in [4.69, 9.17) is 0 Å². The van der Waals surface area contributed by atoms with Gasteiger partial charge in [-0.05, 0) is 42.7 Å². The van der Waals surface area contributed by atoms with E-state index in [9.17, 15) is 13.2 Å². The second kappa shape index (κ2) is 12.9. The molecule has 0 unspecified atom stereocenters. The first kappa shape index (κ1) is 25.5. The molecule has 6 heteroatoms. The molecule has 0 aliphatic rings. The first-order chi connectivity index (χ1) is 13.8. The summed E-state index contributed by atoms with van der Waals surface area (Å²) in [5.74, 6) is 0.530. The molecular formula is C23H40N2O3S. The summed E-state index contributed by atoms with van der Waals surface area (Å²) in [7, 11) is -3.42. The zero-order chi connectivity index (χ0) is 21.9. The molecule has 0 radical (unpaired) electrons. The van der Waals surface area contributed by atoms with E-state index in [2.05, 4.69) is 19.2 Å². The minimum absolute atomic E-state index is 0.00731. The van der Waals surface area contributed by atoms with Crippen molar-refractivity contribution in [2.45, 2.75) is 79.1 Å². The lowest BCUT2D eigenvalue weighted by atomic mass is 9.99. The van der Waals surface area contributed by atoms with Gasteiger partial charge in [-0.3, -0.25) is 9.10 Å². The Morgan fingerprint density at radius 1 is 1.07 bits per heavy atom. The van der Waals surface area contributed by atoms with Crippen molar-refractivity contribution in [3.05, 3.63) is 29.3 Å². The van der Waals surface area contributed by atoms with E-state index < -0.39 is 10.0 Å². The molecule has 5 nitrogen and oxygen atoms in total. The molecule has 0 aliphatic carbocycles. The summed E-state index contributed by atoms with van der Waals surface area (Å²) in [5.41, 5.74) is 2.85. The van der Waals surface area contributed by atoms with Crippen LogP contribution in [0.5, 0.6) is 0 Å². The maximum absolute atomic E-state index is 12.5. The summed E-state index contributed by atoms with van der Waals surface area (Å²) in [4.78, 5) is 12.3. The number of amides is 1. The SMILES string of the molecule is CCCC[C@@H](CC)CNC(=O)CCCN(c1c(CC)cccc1CC)S(C)(=O)=O. The summed E-state index contributed by atoms with van der Waals surface area (Å²) >= 11 is 0. The van der Waals surface area contributed by atoms with E-state index in [0.29, 0.717) is 31.8 Å². The van der Waals surface area contributed by atoms with Crippen LogP contribution in [0.1, 0.15) is 77.3 Å². The predicted octanol–water partition coefficient (Wildman–Crippen LogP) is 4.69. The van der Waals surface area contributed by atoms with Gasteiger partial charge in [-0.15, -0.1) is 0 Å². The third kappa shape index (κ3) is 8.37. The van der Waals surface area contributed by atoms with Gasteiger partial charge in [-0.2, -0.15) is 0 Å².